The number of hydrogen-bond donors (Lipinski definition) is 2. The molecular formula is C28H28ClF3N6O4. The van der Waals surface area contributed by atoms with Gasteiger partial charge < -0.3 is 20.7 Å². The molecule has 2 aromatic carbocycles. The molecule has 2 unspecified atom stereocenters. The van der Waals surface area contributed by atoms with E-state index in [1.807, 2.05) is 6.92 Å². The van der Waals surface area contributed by atoms with Crippen LogP contribution in [0.25, 0.3) is 11.3 Å². The maximum Gasteiger partial charge on any atom is 0.283 e. The zero-order valence-electron chi connectivity index (χ0n) is 22.9. The summed E-state index contributed by atoms with van der Waals surface area (Å²) in [6, 6.07) is 7.18. The molecule has 10 nitrogen and oxygen atoms in total. The number of nitrogens with zero attached hydrogens (tertiary/aromatic N) is 4. The number of alkyl halides is 2. The van der Waals surface area contributed by atoms with E-state index in [4.69, 9.17) is 22.1 Å². The van der Waals surface area contributed by atoms with Crippen molar-refractivity contribution in [3.63, 3.8) is 0 Å². The lowest BCUT2D eigenvalue weighted by atomic mass is 9.84. The summed E-state index contributed by atoms with van der Waals surface area (Å²) < 4.78 is 47.8. The SMILES string of the molecule is CCCC(C(=O)Nc1ccc(C(N)=O)c(F)c1)N1CC(C)(OC)C(c2cc(Cl)ccc2-n2cc(C(F)F)nn2)=CC1=O. The van der Waals surface area contributed by atoms with Crippen molar-refractivity contribution in [2.75, 3.05) is 19.0 Å². The van der Waals surface area contributed by atoms with Crippen molar-refractivity contribution in [2.45, 2.75) is 44.8 Å². The molecule has 3 N–H and O–H groups in total. The van der Waals surface area contributed by atoms with Gasteiger partial charge in [0.15, 0.2) is 0 Å². The Balaban J connectivity index is 1.70. The molecule has 4 rings (SSSR count). The number of benzene rings is 2. The highest BCUT2D eigenvalue weighted by molar-refractivity contribution is 6.30. The second kappa shape index (κ2) is 12.3. The fraction of sp³-hybridized carbons (Fsp3) is 0.321. The zero-order valence-corrected chi connectivity index (χ0v) is 23.7. The number of carbonyl (C=O) groups excluding carboxylic acids is 3. The Morgan fingerprint density at radius 2 is 1.98 bits per heavy atom. The predicted molar refractivity (Wildman–Crippen MR) is 149 cm³/mol. The van der Waals surface area contributed by atoms with Gasteiger partial charge in [0.05, 0.1) is 24.0 Å². The Morgan fingerprint density at radius 1 is 1.24 bits per heavy atom. The summed E-state index contributed by atoms with van der Waals surface area (Å²) >= 11 is 6.30. The second-order valence-electron chi connectivity index (χ2n) is 9.86. The summed E-state index contributed by atoms with van der Waals surface area (Å²) in [5.74, 6) is -2.93. The minimum absolute atomic E-state index is 0.0627. The van der Waals surface area contributed by atoms with Gasteiger partial charge in [0.2, 0.25) is 11.8 Å². The van der Waals surface area contributed by atoms with Crippen LogP contribution in [0.1, 0.15) is 54.7 Å². The van der Waals surface area contributed by atoms with E-state index in [0.717, 1.165) is 23.0 Å². The number of nitrogens with one attached hydrogen (secondary N) is 1. The van der Waals surface area contributed by atoms with Crippen molar-refractivity contribution in [2.24, 2.45) is 5.73 Å². The topological polar surface area (TPSA) is 132 Å². The standard InChI is InChI=1S/C28H28ClF3N6O4/c1-4-5-23(27(41)34-16-7-8-17(26(33)40)20(30)11-16)37-14-28(2,42-3)19(12-24(37)39)18-10-15(29)6-9-22(18)38-13-21(25(31)32)35-36-38/h6-13,23,25H,4-5,14H2,1-3H3,(H2,33,40)(H,34,41). The third kappa shape index (κ3) is 6.16. The summed E-state index contributed by atoms with van der Waals surface area (Å²) in [6.45, 7) is 3.50. The quantitative estimate of drug-likeness (QED) is 0.349. The summed E-state index contributed by atoms with van der Waals surface area (Å²) in [5.41, 5.74) is 4.32. The number of nitrogens with two attached hydrogens (primary N) is 1. The van der Waals surface area contributed by atoms with Crippen molar-refractivity contribution in [1.82, 2.24) is 19.9 Å². The number of primary amides is 1. The summed E-state index contributed by atoms with van der Waals surface area (Å²) in [5, 5.41) is 10.2. The van der Waals surface area contributed by atoms with Crippen LogP contribution in [0.2, 0.25) is 5.02 Å². The van der Waals surface area contributed by atoms with Crippen LogP contribution in [0.3, 0.4) is 0 Å². The maximum absolute atomic E-state index is 14.3. The van der Waals surface area contributed by atoms with Crippen LogP contribution in [-0.2, 0) is 14.3 Å². The highest BCUT2D eigenvalue weighted by atomic mass is 35.5. The van der Waals surface area contributed by atoms with E-state index in [1.54, 1.807) is 25.1 Å². The molecule has 14 heteroatoms. The van der Waals surface area contributed by atoms with E-state index in [9.17, 15) is 27.6 Å². The monoisotopic (exact) mass is 604 g/mol. The first kappa shape index (κ1) is 30.7. The minimum Gasteiger partial charge on any atom is -0.372 e. The first-order valence-electron chi connectivity index (χ1n) is 12.9. The highest BCUT2D eigenvalue weighted by Gasteiger charge is 2.43. The largest absolute Gasteiger partial charge is 0.372 e. The van der Waals surface area contributed by atoms with Gasteiger partial charge in [0.25, 0.3) is 12.3 Å². The van der Waals surface area contributed by atoms with Crippen molar-refractivity contribution < 1.29 is 32.3 Å². The third-order valence-corrected chi connectivity index (χ3v) is 7.25. The highest BCUT2D eigenvalue weighted by Crippen LogP contribution is 2.39. The summed E-state index contributed by atoms with van der Waals surface area (Å²) in [4.78, 5) is 39.7. The number of hydrogen-bond acceptors (Lipinski definition) is 6. The van der Waals surface area contributed by atoms with Gasteiger partial charge in [-0.25, -0.2) is 17.9 Å². The van der Waals surface area contributed by atoms with E-state index in [-0.39, 0.29) is 24.2 Å². The molecule has 3 amide bonds. The van der Waals surface area contributed by atoms with Crippen LogP contribution < -0.4 is 11.1 Å². The second-order valence-corrected chi connectivity index (χ2v) is 10.3. The van der Waals surface area contributed by atoms with Gasteiger partial charge in [-0.1, -0.05) is 30.2 Å². The molecule has 0 saturated heterocycles. The van der Waals surface area contributed by atoms with Crippen LogP contribution in [0.4, 0.5) is 18.9 Å². The number of methoxy groups -OCH3 is 1. The lowest BCUT2D eigenvalue weighted by Crippen LogP contribution is -2.56. The predicted octanol–water partition coefficient (Wildman–Crippen LogP) is 4.53. The van der Waals surface area contributed by atoms with Crippen LogP contribution in [0.5, 0.6) is 0 Å². The molecule has 0 radical (unpaired) electrons. The van der Waals surface area contributed by atoms with Gasteiger partial charge in [0.1, 0.15) is 23.2 Å². The smallest absolute Gasteiger partial charge is 0.283 e. The molecule has 2 atom stereocenters. The minimum atomic E-state index is -2.83. The molecule has 42 heavy (non-hydrogen) atoms. The number of aromatic nitrogens is 3. The zero-order chi connectivity index (χ0) is 30.8. The van der Waals surface area contributed by atoms with Gasteiger partial charge in [-0.2, -0.15) is 0 Å². The van der Waals surface area contributed by atoms with Crippen molar-refractivity contribution in [3.8, 4) is 5.69 Å². The maximum atomic E-state index is 14.3. The van der Waals surface area contributed by atoms with E-state index >= 15 is 0 Å². The Bertz CT molecular complexity index is 1560. The number of carbonyl (C=O) groups is 3. The number of anilines is 1. The van der Waals surface area contributed by atoms with Crippen LogP contribution in [0, 0.1) is 5.82 Å². The number of rotatable bonds is 10. The van der Waals surface area contributed by atoms with Gasteiger partial charge in [-0.15, -0.1) is 5.10 Å². The fourth-order valence-electron chi connectivity index (χ4n) is 4.79. The van der Waals surface area contributed by atoms with Gasteiger partial charge in [-0.3, -0.25) is 14.4 Å². The van der Waals surface area contributed by atoms with Gasteiger partial charge in [0, 0.05) is 35.0 Å². The van der Waals surface area contributed by atoms with Crippen molar-refractivity contribution >= 4 is 40.6 Å². The number of ether oxygens (including phenoxy) is 1. The number of amides is 3. The molecule has 2 heterocycles. The molecule has 1 aromatic heterocycles. The molecule has 1 aliphatic heterocycles. The Kier molecular flexibility index (Phi) is 9.02. The van der Waals surface area contributed by atoms with E-state index in [2.05, 4.69) is 15.6 Å². The number of halogens is 4. The molecular weight excluding hydrogens is 577 g/mol. The normalized spacial score (nSPS) is 17.8. The average molecular weight is 605 g/mol. The first-order valence-corrected chi connectivity index (χ1v) is 13.2. The van der Waals surface area contributed by atoms with Gasteiger partial charge in [-0.05, 0) is 49.7 Å². The summed E-state index contributed by atoms with van der Waals surface area (Å²) in [6.07, 6.45) is 0.375. The van der Waals surface area contributed by atoms with E-state index in [1.165, 1.54) is 24.2 Å². The Hall–Kier alpha value is -4.23. The Labute approximate surface area is 244 Å². The molecule has 222 valence electrons. The molecule has 0 aliphatic carbocycles. The van der Waals surface area contributed by atoms with Crippen LogP contribution in [0.15, 0.2) is 48.7 Å². The van der Waals surface area contributed by atoms with Gasteiger partial charge >= 0.3 is 0 Å². The molecule has 3 aromatic rings. The van der Waals surface area contributed by atoms with E-state index in [0.29, 0.717) is 28.3 Å². The fourth-order valence-corrected chi connectivity index (χ4v) is 4.96. The average Bonchev–Trinajstić information content (AvgIpc) is 3.43. The van der Waals surface area contributed by atoms with Crippen LogP contribution >= 0.6 is 11.6 Å². The first-order chi connectivity index (χ1) is 19.9. The molecule has 0 spiro atoms. The van der Waals surface area contributed by atoms with E-state index < -0.39 is 47.3 Å². The molecule has 0 bridgehead atoms. The lowest BCUT2D eigenvalue weighted by Gasteiger charge is -2.43. The van der Waals surface area contributed by atoms with Crippen LogP contribution in [-0.4, -0.2) is 62.9 Å². The molecule has 1 aliphatic rings. The molecule has 0 saturated carbocycles. The summed E-state index contributed by atoms with van der Waals surface area (Å²) in [7, 11) is 1.44. The van der Waals surface area contributed by atoms with Crippen molar-refractivity contribution in [3.05, 3.63) is 76.3 Å². The Morgan fingerprint density at radius 3 is 2.57 bits per heavy atom. The molecule has 0 fully saturated rings. The van der Waals surface area contributed by atoms with Crippen molar-refractivity contribution in [1.29, 1.82) is 0 Å². The lowest BCUT2D eigenvalue weighted by molar-refractivity contribution is -0.139. The third-order valence-electron chi connectivity index (χ3n) is 7.02.